The average molecular weight is 290 g/mol. The second kappa shape index (κ2) is 5.54. The van der Waals surface area contributed by atoms with Crippen LogP contribution in [0.5, 0.6) is 0 Å². The molecule has 1 aliphatic heterocycles. The molecule has 2 aliphatic rings. The molecule has 0 aromatic carbocycles. The summed E-state index contributed by atoms with van der Waals surface area (Å²) in [5, 5.41) is 0. The first-order valence-electron chi connectivity index (χ1n) is 7.71. The highest BCUT2D eigenvalue weighted by molar-refractivity contribution is 5.94. The Balaban J connectivity index is 1.58. The van der Waals surface area contributed by atoms with Gasteiger partial charge in [-0.05, 0) is 18.9 Å². The summed E-state index contributed by atoms with van der Waals surface area (Å²) < 4.78 is 4.95. The summed E-state index contributed by atoms with van der Waals surface area (Å²) in [6.07, 6.45) is 7.29. The van der Waals surface area contributed by atoms with Crippen molar-refractivity contribution in [2.45, 2.75) is 32.6 Å². The molecule has 5 heteroatoms. The molecule has 21 heavy (non-hydrogen) atoms. The van der Waals surface area contributed by atoms with Crippen LogP contribution in [0.15, 0.2) is 23.0 Å². The van der Waals surface area contributed by atoms with Crippen LogP contribution in [0.25, 0.3) is 0 Å². The van der Waals surface area contributed by atoms with E-state index in [0.717, 1.165) is 25.7 Å². The Bertz CT molecular complexity index is 510. The van der Waals surface area contributed by atoms with Gasteiger partial charge < -0.3 is 14.2 Å². The Labute approximate surface area is 124 Å². The summed E-state index contributed by atoms with van der Waals surface area (Å²) in [5.74, 6) is 0.262. The van der Waals surface area contributed by atoms with E-state index < -0.39 is 0 Å². The second-order valence-electron chi connectivity index (χ2n) is 6.36. The molecule has 0 radical (unpaired) electrons. The lowest BCUT2D eigenvalue weighted by atomic mass is 9.87. The molecular weight excluding hydrogens is 268 g/mol. The van der Waals surface area contributed by atoms with E-state index in [4.69, 9.17) is 4.42 Å². The molecule has 5 nitrogen and oxygen atoms in total. The van der Waals surface area contributed by atoms with Crippen LogP contribution >= 0.6 is 0 Å². The van der Waals surface area contributed by atoms with E-state index in [2.05, 4.69) is 6.92 Å². The number of carbonyl (C=O) groups excluding carboxylic acids is 2. The van der Waals surface area contributed by atoms with E-state index in [-0.39, 0.29) is 17.2 Å². The smallest absolute Gasteiger partial charge is 0.257 e. The third-order valence-electron chi connectivity index (χ3n) is 4.85. The first-order valence-corrected chi connectivity index (χ1v) is 7.71. The van der Waals surface area contributed by atoms with E-state index in [0.29, 0.717) is 31.7 Å². The molecule has 0 spiro atoms. The number of piperazine rings is 1. The van der Waals surface area contributed by atoms with Crippen LogP contribution in [0.1, 0.15) is 43.0 Å². The minimum absolute atomic E-state index is 0.0112. The van der Waals surface area contributed by atoms with Gasteiger partial charge in [-0.1, -0.05) is 19.8 Å². The van der Waals surface area contributed by atoms with E-state index >= 15 is 0 Å². The zero-order valence-corrected chi connectivity index (χ0v) is 12.5. The molecule has 0 atom stereocenters. The summed E-state index contributed by atoms with van der Waals surface area (Å²) in [5.41, 5.74) is 0.411. The van der Waals surface area contributed by atoms with Gasteiger partial charge in [0.15, 0.2) is 0 Å². The maximum atomic E-state index is 12.6. The number of hydrogen-bond donors (Lipinski definition) is 0. The van der Waals surface area contributed by atoms with Crippen molar-refractivity contribution in [1.29, 1.82) is 0 Å². The second-order valence-corrected chi connectivity index (χ2v) is 6.36. The largest absolute Gasteiger partial charge is 0.472 e. The van der Waals surface area contributed by atoms with Crippen LogP contribution in [0, 0.1) is 5.41 Å². The molecule has 1 saturated carbocycles. The van der Waals surface area contributed by atoms with Crippen LogP contribution in [-0.4, -0.2) is 47.8 Å². The maximum absolute atomic E-state index is 12.6. The van der Waals surface area contributed by atoms with Crippen LogP contribution < -0.4 is 0 Å². The van der Waals surface area contributed by atoms with Gasteiger partial charge >= 0.3 is 0 Å². The minimum Gasteiger partial charge on any atom is -0.472 e. The van der Waals surface area contributed by atoms with Crippen LogP contribution in [-0.2, 0) is 4.79 Å². The van der Waals surface area contributed by atoms with Gasteiger partial charge in [0.25, 0.3) is 5.91 Å². The van der Waals surface area contributed by atoms with Gasteiger partial charge in [-0.3, -0.25) is 9.59 Å². The van der Waals surface area contributed by atoms with Crippen LogP contribution in [0.4, 0.5) is 0 Å². The quantitative estimate of drug-likeness (QED) is 0.838. The summed E-state index contributed by atoms with van der Waals surface area (Å²) in [6, 6.07) is 1.68. The predicted molar refractivity (Wildman–Crippen MR) is 77.8 cm³/mol. The highest BCUT2D eigenvalue weighted by Crippen LogP contribution is 2.39. The first kappa shape index (κ1) is 14.2. The highest BCUT2D eigenvalue weighted by atomic mass is 16.3. The summed E-state index contributed by atoms with van der Waals surface area (Å²) >= 11 is 0. The van der Waals surface area contributed by atoms with Crippen LogP contribution in [0.3, 0.4) is 0 Å². The van der Waals surface area contributed by atoms with Crippen molar-refractivity contribution in [1.82, 2.24) is 9.80 Å². The zero-order chi connectivity index (χ0) is 14.9. The number of amides is 2. The van der Waals surface area contributed by atoms with E-state index in [1.165, 1.54) is 12.5 Å². The highest BCUT2D eigenvalue weighted by Gasteiger charge is 2.40. The molecule has 2 heterocycles. The fourth-order valence-electron chi connectivity index (χ4n) is 3.43. The first-order chi connectivity index (χ1) is 10.1. The van der Waals surface area contributed by atoms with Crippen molar-refractivity contribution in [3.8, 4) is 0 Å². The molecule has 1 aliphatic carbocycles. The molecule has 2 fully saturated rings. The lowest BCUT2D eigenvalue weighted by Crippen LogP contribution is -2.53. The molecule has 1 aromatic rings. The molecule has 114 valence electrons. The Morgan fingerprint density at radius 3 is 2.29 bits per heavy atom. The third kappa shape index (κ3) is 2.69. The number of carbonyl (C=O) groups is 2. The number of furan rings is 1. The Morgan fingerprint density at radius 1 is 1.10 bits per heavy atom. The Morgan fingerprint density at radius 2 is 1.71 bits per heavy atom. The van der Waals surface area contributed by atoms with Gasteiger partial charge in [-0.25, -0.2) is 0 Å². The van der Waals surface area contributed by atoms with Crippen molar-refractivity contribution in [3.63, 3.8) is 0 Å². The fourth-order valence-corrected chi connectivity index (χ4v) is 3.43. The van der Waals surface area contributed by atoms with Crippen molar-refractivity contribution in [2.24, 2.45) is 5.41 Å². The Kier molecular flexibility index (Phi) is 3.74. The third-order valence-corrected chi connectivity index (χ3v) is 4.85. The predicted octanol–water partition coefficient (Wildman–Crippen LogP) is 2.14. The summed E-state index contributed by atoms with van der Waals surface area (Å²) in [7, 11) is 0. The lowest BCUT2D eigenvalue weighted by molar-refractivity contribution is -0.142. The Hall–Kier alpha value is -1.78. The fraction of sp³-hybridized carbons (Fsp3) is 0.625. The number of nitrogens with zero attached hydrogens (tertiary/aromatic N) is 2. The molecule has 1 aromatic heterocycles. The molecule has 0 bridgehead atoms. The van der Waals surface area contributed by atoms with Gasteiger partial charge in [0, 0.05) is 31.6 Å². The maximum Gasteiger partial charge on any atom is 0.257 e. The van der Waals surface area contributed by atoms with Crippen molar-refractivity contribution in [3.05, 3.63) is 24.2 Å². The normalized spacial score (nSPS) is 21.6. The van der Waals surface area contributed by atoms with Crippen molar-refractivity contribution < 1.29 is 14.0 Å². The lowest BCUT2D eigenvalue weighted by Gasteiger charge is -2.38. The van der Waals surface area contributed by atoms with Crippen LogP contribution in [0.2, 0.25) is 0 Å². The minimum atomic E-state index is -0.170. The van der Waals surface area contributed by atoms with Gasteiger partial charge in [0.1, 0.15) is 6.26 Å². The van der Waals surface area contributed by atoms with Gasteiger partial charge in [-0.2, -0.15) is 0 Å². The van der Waals surface area contributed by atoms with E-state index in [9.17, 15) is 9.59 Å². The molecule has 0 unspecified atom stereocenters. The van der Waals surface area contributed by atoms with Gasteiger partial charge in [0.2, 0.25) is 5.91 Å². The SMILES string of the molecule is CC1(C(=O)N2CCN(C(=O)c3ccoc3)CC2)CCCC1. The average Bonchev–Trinajstić information content (AvgIpc) is 3.18. The van der Waals surface area contributed by atoms with Gasteiger partial charge in [0.05, 0.1) is 11.8 Å². The van der Waals surface area contributed by atoms with E-state index in [1.807, 2.05) is 4.90 Å². The molecule has 1 saturated heterocycles. The van der Waals surface area contributed by atoms with Gasteiger partial charge in [-0.15, -0.1) is 0 Å². The monoisotopic (exact) mass is 290 g/mol. The topological polar surface area (TPSA) is 53.8 Å². The molecular formula is C16H22N2O3. The molecule has 3 rings (SSSR count). The molecule has 0 N–H and O–H groups in total. The number of rotatable bonds is 2. The number of hydrogen-bond acceptors (Lipinski definition) is 3. The van der Waals surface area contributed by atoms with E-state index in [1.54, 1.807) is 11.0 Å². The standard InChI is InChI=1S/C16H22N2O3/c1-16(5-2-3-6-16)15(20)18-9-7-17(8-10-18)14(19)13-4-11-21-12-13/h4,11-12H,2-3,5-10H2,1H3. The zero-order valence-electron chi connectivity index (χ0n) is 12.5. The summed E-state index contributed by atoms with van der Waals surface area (Å²) in [6.45, 7) is 4.57. The molecule has 2 amide bonds. The summed E-state index contributed by atoms with van der Waals surface area (Å²) in [4.78, 5) is 28.6. The van der Waals surface area contributed by atoms with Crippen molar-refractivity contribution >= 4 is 11.8 Å². The van der Waals surface area contributed by atoms with Crippen molar-refractivity contribution in [2.75, 3.05) is 26.2 Å².